The molecule has 0 aromatic heterocycles. The third-order valence-electron chi connectivity index (χ3n) is 3.40. The molecule has 0 atom stereocenters. The molecule has 0 bridgehead atoms. The summed E-state index contributed by atoms with van der Waals surface area (Å²) >= 11 is 0. The quantitative estimate of drug-likeness (QED) is 0.810. The second kappa shape index (κ2) is 6.28. The van der Waals surface area contributed by atoms with Crippen molar-refractivity contribution in [2.45, 2.75) is 19.8 Å². The monoisotopic (exact) mass is 256 g/mol. The minimum Gasteiger partial charge on any atom is -0.497 e. The summed E-state index contributed by atoms with van der Waals surface area (Å²) in [5.41, 5.74) is 3.98. The van der Waals surface area contributed by atoms with Crippen LogP contribution in [0.25, 0.3) is 0 Å². The molecular weight excluding hydrogens is 236 g/mol. The molecule has 0 aliphatic heterocycles. The highest BCUT2D eigenvalue weighted by Gasteiger charge is 2.02. The first-order valence-corrected chi connectivity index (χ1v) is 6.49. The molecule has 0 saturated heterocycles. The van der Waals surface area contributed by atoms with E-state index < -0.39 is 0 Å². The van der Waals surface area contributed by atoms with E-state index in [-0.39, 0.29) is 0 Å². The van der Waals surface area contributed by atoms with Gasteiger partial charge in [-0.05, 0) is 60.7 Å². The van der Waals surface area contributed by atoms with Crippen LogP contribution in [0.1, 0.15) is 16.7 Å². The van der Waals surface area contributed by atoms with E-state index in [1.165, 1.54) is 16.7 Å². The summed E-state index contributed by atoms with van der Waals surface area (Å²) in [6.07, 6.45) is 2.05. The van der Waals surface area contributed by atoms with Crippen molar-refractivity contribution in [2.24, 2.45) is 0 Å². The van der Waals surface area contributed by atoms with Crippen molar-refractivity contribution in [1.82, 2.24) is 0 Å². The zero-order valence-electron chi connectivity index (χ0n) is 11.8. The highest BCUT2D eigenvalue weighted by molar-refractivity contribution is 5.36. The lowest BCUT2D eigenvalue weighted by Gasteiger charge is -2.09. The molecule has 0 N–H and O–H groups in total. The molecule has 0 radical (unpaired) electrons. The third-order valence-corrected chi connectivity index (χ3v) is 3.40. The van der Waals surface area contributed by atoms with Crippen LogP contribution in [-0.2, 0) is 12.8 Å². The van der Waals surface area contributed by atoms with Crippen molar-refractivity contribution in [3.63, 3.8) is 0 Å². The topological polar surface area (TPSA) is 18.5 Å². The van der Waals surface area contributed by atoms with E-state index in [2.05, 4.69) is 31.2 Å². The van der Waals surface area contributed by atoms with Crippen LogP contribution in [-0.4, -0.2) is 14.2 Å². The van der Waals surface area contributed by atoms with Gasteiger partial charge in [0.05, 0.1) is 14.2 Å². The van der Waals surface area contributed by atoms with Gasteiger partial charge in [-0.25, -0.2) is 0 Å². The van der Waals surface area contributed by atoms with Gasteiger partial charge in [0.25, 0.3) is 0 Å². The summed E-state index contributed by atoms with van der Waals surface area (Å²) in [4.78, 5) is 0. The molecule has 100 valence electrons. The van der Waals surface area contributed by atoms with E-state index in [1.54, 1.807) is 14.2 Å². The van der Waals surface area contributed by atoms with Gasteiger partial charge < -0.3 is 9.47 Å². The standard InChI is InChI=1S/C17H20O2/c1-13-4-9-17(19-3)12-15(13)8-5-14-6-10-16(18-2)11-7-14/h4,6-7,9-12H,5,8H2,1-3H3. The van der Waals surface area contributed by atoms with Crippen molar-refractivity contribution in [3.05, 3.63) is 59.2 Å². The summed E-state index contributed by atoms with van der Waals surface area (Å²) in [5.74, 6) is 1.83. The van der Waals surface area contributed by atoms with Crippen LogP contribution < -0.4 is 9.47 Å². The van der Waals surface area contributed by atoms with Gasteiger partial charge in [-0.2, -0.15) is 0 Å². The average molecular weight is 256 g/mol. The Morgan fingerprint density at radius 2 is 1.42 bits per heavy atom. The molecule has 2 heteroatoms. The SMILES string of the molecule is COc1ccc(CCc2cc(OC)ccc2C)cc1. The maximum absolute atomic E-state index is 5.28. The Bertz CT molecular complexity index is 529. The van der Waals surface area contributed by atoms with Crippen LogP contribution >= 0.6 is 0 Å². The highest BCUT2D eigenvalue weighted by atomic mass is 16.5. The lowest BCUT2D eigenvalue weighted by Crippen LogP contribution is -1.95. The molecule has 0 amide bonds. The smallest absolute Gasteiger partial charge is 0.119 e. The van der Waals surface area contributed by atoms with Crippen LogP contribution in [0.4, 0.5) is 0 Å². The lowest BCUT2D eigenvalue weighted by atomic mass is 10.0. The van der Waals surface area contributed by atoms with E-state index in [4.69, 9.17) is 9.47 Å². The summed E-state index contributed by atoms with van der Waals surface area (Å²) in [5, 5.41) is 0. The molecule has 2 rings (SSSR count). The first-order chi connectivity index (χ1) is 9.22. The van der Waals surface area contributed by atoms with Gasteiger partial charge in [0, 0.05) is 0 Å². The number of hydrogen-bond acceptors (Lipinski definition) is 2. The number of benzene rings is 2. The third kappa shape index (κ3) is 3.50. The minimum absolute atomic E-state index is 0.904. The van der Waals surface area contributed by atoms with Gasteiger partial charge >= 0.3 is 0 Å². The first-order valence-electron chi connectivity index (χ1n) is 6.49. The molecule has 2 nitrogen and oxygen atoms in total. The summed E-state index contributed by atoms with van der Waals surface area (Å²) < 4.78 is 10.4. The van der Waals surface area contributed by atoms with Crippen molar-refractivity contribution in [2.75, 3.05) is 14.2 Å². The molecular formula is C17H20O2. The van der Waals surface area contributed by atoms with E-state index in [0.29, 0.717) is 0 Å². The Morgan fingerprint density at radius 1 is 0.789 bits per heavy atom. The lowest BCUT2D eigenvalue weighted by molar-refractivity contribution is 0.414. The molecule has 0 unspecified atom stereocenters. The normalized spacial score (nSPS) is 10.3. The number of ether oxygens (including phenoxy) is 2. The predicted molar refractivity (Wildman–Crippen MR) is 78.1 cm³/mol. The van der Waals surface area contributed by atoms with Crippen molar-refractivity contribution >= 4 is 0 Å². The molecule has 2 aromatic carbocycles. The van der Waals surface area contributed by atoms with Crippen LogP contribution in [0.5, 0.6) is 11.5 Å². The highest BCUT2D eigenvalue weighted by Crippen LogP contribution is 2.19. The van der Waals surface area contributed by atoms with Gasteiger partial charge in [0.1, 0.15) is 11.5 Å². The molecule has 0 aliphatic carbocycles. The van der Waals surface area contributed by atoms with Gasteiger partial charge in [0.2, 0.25) is 0 Å². The van der Waals surface area contributed by atoms with Gasteiger partial charge in [0.15, 0.2) is 0 Å². The average Bonchev–Trinajstić information content (AvgIpc) is 2.47. The zero-order valence-corrected chi connectivity index (χ0v) is 11.8. The van der Waals surface area contributed by atoms with Crippen LogP contribution in [0.3, 0.4) is 0 Å². The maximum Gasteiger partial charge on any atom is 0.119 e. The molecule has 0 aliphatic rings. The number of hydrogen-bond donors (Lipinski definition) is 0. The zero-order chi connectivity index (χ0) is 13.7. The van der Waals surface area contributed by atoms with Crippen LogP contribution in [0, 0.1) is 6.92 Å². The molecule has 0 heterocycles. The summed E-state index contributed by atoms with van der Waals surface area (Å²) in [6, 6.07) is 14.5. The Kier molecular flexibility index (Phi) is 4.45. The number of aryl methyl sites for hydroxylation is 3. The molecule has 0 fully saturated rings. The van der Waals surface area contributed by atoms with Gasteiger partial charge in [-0.1, -0.05) is 18.2 Å². The minimum atomic E-state index is 0.904. The number of rotatable bonds is 5. The maximum atomic E-state index is 5.28. The van der Waals surface area contributed by atoms with E-state index >= 15 is 0 Å². The molecule has 2 aromatic rings. The van der Waals surface area contributed by atoms with Crippen molar-refractivity contribution < 1.29 is 9.47 Å². The fourth-order valence-electron chi connectivity index (χ4n) is 2.12. The van der Waals surface area contributed by atoms with Gasteiger partial charge in [-0.3, -0.25) is 0 Å². The van der Waals surface area contributed by atoms with E-state index in [1.807, 2.05) is 18.2 Å². The molecule has 0 saturated carbocycles. The predicted octanol–water partition coefficient (Wildman–Crippen LogP) is 3.80. The Labute approximate surface area is 115 Å². The van der Waals surface area contributed by atoms with E-state index in [9.17, 15) is 0 Å². The Hall–Kier alpha value is -1.96. The Balaban J connectivity index is 2.05. The van der Waals surface area contributed by atoms with Crippen molar-refractivity contribution in [1.29, 1.82) is 0 Å². The fraction of sp³-hybridized carbons (Fsp3) is 0.294. The fourth-order valence-corrected chi connectivity index (χ4v) is 2.12. The van der Waals surface area contributed by atoms with Crippen LogP contribution in [0.15, 0.2) is 42.5 Å². The Morgan fingerprint density at radius 3 is 2.05 bits per heavy atom. The second-order valence-electron chi connectivity index (χ2n) is 4.64. The van der Waals surface area contributed by atoms with Gasteiger partial charge in [-0.15, -0.1) is 0 Å². The van der Waals surface area contributed by atoms with E-state index in [0.717, 1.165) is 24.3 Å². The summed E-state index contributed by atoms with van der Waals surface area (Å²) in [7, 11) is 3.40. The largest absolute Gasteiger partial charge is 0.497 e. The summed E-state index contributed by atoms with van der Waals surface area (Å²) in [6.45, 7) is 2.14. The van der Waals surface area contributed by atoms with Crippen molar-refractivity contribution in [3.8, 4) is 11.5 Å². The molecule has 0 spiro atoms. The first kappa shape index (κ1) is 13.5. The van der Waals surface area contributed by atoms with Crippen LogP contribution in [0.2, 0.25) is 0 Å². The number of methoxy groups -OCH3 is 2. The molecule has 19 heavy (non-hydrogen) atoms. The second-order valence-corrected chi connectivity index (χ2v) is 4.64.